The van der Waals surface area contributed by atoms with E-state index in [2.05, 4.69) is 11.4 Å². The smallest absolute Gasteiger partial charge is 0.307 e. The van der Waals surface area contributed by atoms with Crippen molar-refractivity contribution in [1.29, 1.82) is 5.26 Å². The number of fused-ring (bicyclic) bond motifs is 1. The van der Waals surface area contributed by atoms with Crippen LogP contribution in [0.3, 0.4) is 0 Å². The van der Waals surface area contributed by atoms with E-state index in [1.807, 2.05) is 17.0 Å². The molecule has 1 heterocycles. The molecule has 0 bridgehead atoms. The molecular formula is C23H25N3O5. The summed E-state index contributed by atoms with van der Waals surface area (Å²) in [4.78, 5) is 26.8. The Bertz CT molecular complexity index is 1010. The summed E-state index contributed by atoms with van der Waals surface area (Å²) in [5, 5.41) is 11.9. The van der Waals surface area contributed by atoms with Gasteiger partial charge in [0.2, 0.25) is 5.91 Å². The Balaban J connectivity index is 1.84. The Kier molecular flexibility index (Phi) is 7.11. The number of anilines is 1. The zero-order valence-corrected chi connectivity index (χ0v) is 17.8. The van der Waals surface area contributed by atoms with Gasteiger partial charge in [0, 0.05) is 18.3 Å². The molecule has 0 fully saturated rings. The second-order valence-corrected chi connectivity index (χ2v) is 7.16. The highest BCUT2D eigenvalue weighted by atomic mass is 16.5. The number of ether oxygens (including phenoxy) is 3. The van der Waals surface area contributed by atoms with E-state index in [9.17, 15) is 9.59 Å². The number of carbonyl (C=O) groups excluding carboxylic acids is 2. The first-order valence-electron chi connectivity index (χ1n) is 9.84. The van der Waals surface area contributed by atoms with E-state index in [1.54, 1.807) is 38.5 Å². The molecular weight excluding hydrogens is 398 g/mol. The van der Waals surface area contributed by atoms with Crippen LogP contribution in [-0.2, 0) is 20.7 Å². The second-order valence-electron chi connectivity index (χ2n) is 7.16. The minimum atomic E-state index is -0.361. The van der Waals surface area contributed by atoms with Crippen LogP contribution in [0.2, 0.25) is 0 Å². The summed E-state index contributed by atoms with van der Waals surface area (Å²) in [6.45, 7) is 0.683. The number of hydrogen-bond donors (Lipinski definition) is 1. The van der Waals surface area contributed by atoms with Gasteiger partial charge in [-0.15, -0.1) is 0 Å². The van der Waals surface area contributed by atoms with Crippen molar-refractivity contribution in [1.82, 2.24) is 4.90 Å². The minimum Gasteiger partial charge on any atom is -0.493 e. The van der Waals surface area contributed by atoms with Gasteiger partial charge < -0.3 is 19.5 Å². The number of nitrogens with one attached hydrogen (secondary N) is 1. The van der Waals surface area contributed by atoms with E-state index in [1.165, 1.54) is 7.11 Å². The van der Waals surface area contributed by atoms with E-state index in [0.29, 0.717) is 35.7 Å². The van der Waals surface area contributed by atoms with Crippen molar-refractivity contribution < 1.29 is 23.8 Å². The Morgan fingerprint density at radius 1 is 1.16 bits per heavy atom. The maximum absolute atomic E-state index is 12.7. The zero-order valence-electron chi connectivity index (χ0n) is 17.8. The summed E-state index contributed by atoms with van der Waals surface area (Å²) >= 11 is 0. The number of amides is 1. The van der Waals surface area contributed by atoms with E-state index in [4.69, 9.17) is 19.5 Å². The highest BCUT2D eigenvalue weighted by Gasteiger charge is 2.32. The van der Waals surface area contributed by atoms with Crippen molar-refractivity contribution in [2.45, 2.75) is 18.9 Å². The van der Waals surface area contributed by atoms with Crippen molar-refractivity contribution >= 4 is 17.6 Å². The molecule has 1 aliphatic heterocycles. The zero-order chi connectivity index (χ0) is 22.4. The van der Waals surface area contributed by atoms with Gasteiger partial charge in [0.15, 0.2) is 11.5 Å². The molecule has 1 N–H and O–H groups in total. The van der Waals surface area contributed by atoms with Crippen molar-refractivity contribution in [3.8, 4) is 17.6 Å². The molecule has 0 radical (unpaired) electrons. The maximum Gasteiger partial charge on any atom is 0.307 e. The van der Waals surface area contributed by atoms with Crippen LogP contribution in [-0.4, -0.2) is 51.2 Å². The largest absolute Gasteiger partial charge is 0.493 e. The fourth-order valence-electron chi connectivity index (χ4n) is 3.80. The molecule has 1 atom stereocenters. The molecule has 2 aromatic rings. The van der Waals surface area contributed by atoms with Crippen LogP contribution < -0.4 is 14.8 Å². The third-order valence-corrected chi connectivity index (χ3v) is 5.32. The number of methoxy groups -OCH3 is 3. The molecule has 3 rings (SSSR count). The van der Waals surface area contributed by atoms with Gasteiger partial charge in [-0.05, 0) is 47.9 Å². The predicted molar refractivity (Wildman–Crippen MR) is 114 cm³/mol. The van der Waals surface area contributed by atoms with E-state index >= 15 is 0 Å². The number of nitriles is 1. The summed E-state index contributed by atoms with van der Waals surface area (Å²) in [5.41, 5.74) is 2.98. The molecule has 0 aliphatic carbocycles. The number of benzene rings is 2. The summed E-state index contributed by atoms with van der Waals surface area (Å²) in [5.74, 6) is 0.603. The Morgan fingerprint density at radius 3 is 2.58 bits per heavy atom. The van der Waals surface area contributed by atoms with Gasteiger partial charge in [0.1, 0.15) is 0 Å². The molecule has 162 valence electrons. The predicted octanol–water partition coefficient (Wildman–Crippen LogP) is 2.68. The molecule has 8 nitrogen and oxygen atoms in total. The van der Waals surface area contributed by atoms with Crippen molar-refractivity contribution in [2.75, 3.05) is 39.7 Å². The number of carbonyl (C=O) groups is 2. The molecule has 0 saturated heterocycles. The number of esters is 1. The minimum absolute atomic E-state index is 0.0895. The van der Waals surface area contributed by atoms with Crippen LogP contribution in [0.5, 0.6) is 11.5 Å². The van der Waals surface area contributed by atoms with Gasteiger partial charge in [0.05, 0.1) is 45.9 Å². The molecule has 2 aromatic carbocycles. The number of hydrogen-bond acceptors (Lipinski definition) is 7. The average molecular weight is 423 g/mol. The average Bonchev–Trinajstić information content (AvgIpc) is 2.79. The first-order chi connectivity index (χ1) is 15.0. The Morgan fingerprint density at radius 2 is 1.90 bits per heavy atom. The molecule has 0 spiro atoms. The van der Waals surface area contributed by atoms with Gasteiger partial charge in [-0.25, -0.2) is 0 Å². The van der Waals surface area contributed by atoms with Crippen LogP contribution in [0.4, 0.5) is 5.69 Å². The molecule has 0 unspecified atom stereocenters. The van der Waals surface area contributed by atoms with Crippen LogP contribution in [0.1, 0.15) is 29.2 Å². The molecule has 1 aliphatic rings. The van der Waals surface area contributed by atoms with Crippen molar-refractivity contribution in [3.05, 3.63) is 53.1 Å². The van der Waals surface area contributed by atoms with Gasteiger partial charge in [0.25, 0.3) is 0 Å². The van der Waals surface area contributed by atoms with E-state index in [-0.39, 0.29) is 30.9 Å². The van der Waals surface area contributed by atoms with Crippen molar-refractivity contribution in [3.63, 3.8) is 0 Å². The normalized spacial score (nSPS) is 15.4. The first-order valence-corrected chi connectivity index (χ1v) is 9.84. The standard InChI is InChI=1S/C23H25N3O5/c1-29-20-10-16-7-8-26(14-22(27)25-17-6-4-5-15(9-17)13-24)19(12-23(28)31-3)18(16)11-21(20)30-2/h4-6,9-11,19H,7-8,12,14H2,1-3H3,(H,25,27)/t19-/m1/s1. The van der Waals surface area contributed by atoms with E-state index in [0.717, 1.165) is 11.1 Å². The van der Waals surface area contributed by atoms with Crippen LogP contribution in [0.15, 0.2) is 36.4 Å². The lowest BCUT2D eigenvalue weighted by Gasteiger charge is -2.36. The molecule has 0 aromatic heterocycles. The van der Waals surface area contributed by atoms with Crippen LogP contribution in [0, 0.1) is 11.3 Å². The topological polar surface area (TPSA) is 101 Å². The highest BCUT2D eigenvalue weighted by Crippen LogP contribution is 2.39. The summed E-state index contributed by atoms with van der Waals surface area (Å²) in [6, 6.07) is 12.2. The van der Waals surface area contributed by atoms with Gasteiger partial charge >= 0.3 is 5.97 Å². The summed E-state index contributed by atoms with van der Waals surface area (Å²) < 4.78 is 15.7. The second kappa shape index (κ2) is 9.96. The quantitative estimate of drug-likeness (QED) is 0.683. The van der Waals surface area contributed by atoms with Crippen LogP contribution in [0.25, 0.3) is 0 Å². The monoisotopic (exact) mass is 423 g/mol. The van der Waals surface area contributed by atoms with Crippen LogP contribution >= 0.6 is 0 Å². The van der Waals surface area contributed by atoms with Gasteiger partial charge in [-0.1, -0.05) is 6.07 Å². The fourth-order valence-corrected chi connectivity index (χ4v) is 3.80. The number of nitrogens with zero attached hydrogens (tertiary/aromatic N) is 2. The fraction of sp³-hybridized carbons (Fsp3) is 0.348. The SMILES string of the molecule is COC(=O)C[C@@H]1c2cc(OC)c(OC)cc2CCN1CC(=O)Nc1cccc(C#N)c1. The summed E-state index contributed by atoms with van der Waals surface area (Å²) in [7, 11) is 4.49. The molecule has 1 amide bonds. The lowest BCUT2D eigenvalue weighted by molar-refractivity contribution is -0.142. The molecule has 31 heavy (non-hydrogen) atoms. The third kappa shape index (κ3) is 5.13. The Labute approximate surface area is 181 Å². The van der Waals surface area contributed by atoms with Crippen molar-refractivity contribution in [2.24, 2.45) is 0 Å². The van der Waals surface area contributed by atoms with Gasteiger partial charge in [-0.2, -0.15) is 5.26 Å². The molecule has 0 saturated carbocycles. The lowest BCUT2D eigenvalue weighted by Crippen LogP contribution is -2.41. The third-order valence-electron chi connectivity index (χ3n) is 5.32. The maximum atomic E-state index is 12.7. The highest BCUT2D eigenvalue weighted by molar-refractivity contribution is 5.92. The Hall–Kier alpha value is -3.57. The number of rotatable bonds is 7. The molecule has 8 heteroatoms. The van der Waals surface area contributed by atoms with E-state index < -0.39 is 0 Å². The summed E-state index contributed by atoms with van der Waals surface area (Å²) in [6.07, 6.45) is 0.806. The van der Waals surface area contributed by atoms with Gasteiger partial charge in [-0.3, -0.25) is 14.5 Å². The first kappa shape index (κ1) is 22.1. The lowest BCUT2D eigenvalue weighted by atomic mass is 9.90.